The zero-order chi connectivity index (χ0) is 13.1. The first kappa shape index (κ1) is 17.5. The fourth-order valence-corrected chi connectivity index (χ4v) is 1.91. The van der Waals surface area contributed by atoms with E-state index >= 15 is 0 Å². The zero-order valence-electron chi connectivity index (χ0n) is 12.4. The summed E-state index contributed by atoms with van der Waals surface area (Å²) < 4.78 is 0. The first-order chi connectivity index (χ1) is 7.80. The highest BCUT2D eigenvalue weighted by Gasteiger charge is 2.14. The van der Waals surface area contributed by atoms with Gasteiger partial charge in [-0.25, -0.2) is 0 Å². The molecule has 2 heteroatoms. The number of nitrogens with two attached hydrogens (primary N) is 1. The van der Waals surface area contributed by atoms with Crippen molar-refractivity contribution in [1.29, 1.82) is 0 Å². The Kier molecular flexibility index (Phi) is 6.94. The van der Waals surface area contributed by atoms with Crippen molar-refractivity contribution in [1.82, 2.24) is 0 Å². The SMILES string of the molecule is CC(C)CC[C@H](N)c1ccc(C(C)(C)C)cc1.Cl. The van der Waals surface area contributed by atoms with Crippen LogP contribution in [0.5, 0.6) is 0 Å². The molecule has 104 valence electrons. The molecule has 0 radical (unpaired) electrons. The molecule has 0 heterocycles. The van der Waals surface area contributed by atoms with Crippen LogP contribution in [-0.2, 0) is 5.41 Å². The van der Waals surface area contributed by atoms with E-state index < -0.39 is 0 Å². The third-order valence-corrected chi connectivity index (χ3v) is 3.26. The van der Waals surface area contributed by atoms with E-state index in [0.717, 1.165) is 12.3 Å². The summed E-state index contributed by atoms with van der Waals surface area (Å²) >= 11 is 0. The van der Waals surface area contributed by atoms with E-state index in [4.69, 9.17) is 5.73 Å². The average molecular weight is 270 g/mol. The van der Waals surface area contributed by atoms with Crippen LogP contribution < -0.4 is 5.73 Å². The number of halogens is 1. The molecule has 0 unspecified atom stereocenters. The summed E-state index contributed by atoms with van der Waals surface area (Å²) in [5.41, 5.74) is 9.06. The van der Waals surface area contributed by atoms with Gasteiger partial charge in [-0.3, -0.25) is 0 Å². The van der Waals surface area contributed by atoms with Crippen LogP contribution in [0.15, 0.2) is 24.3 Å². The molecule has 18 heavy (non-hydrogen) atoms. The average Bonchev–Trinajstić information content (AvgIpc) is 2.25. The summed E-state index contributed by atoms with van der Waals surface area (Å²) in [6.45, 7) is 11.2. The maximum atomic E-state index is 6.20. The molecule has 2 N–H and O–H groups in total. The van der Waals surface area contributed by atoms with Crippen molar-refractivity contribution in [2.24, 2.45) is 11.7 Å². The fraction of sp³-hybridized carbons (Fsp3) is 0.625. The Morgan fingerprint density at radius 1 is 1.00 bits per heavy atom. The first-order valence-electron chi connectivity index (χ1n) is 6.66. The van der Waals surface area contributed by atoms with Gasteiger partial charge in [-0.2, -0.15) is 0 Å². The lowest BCUT2D eigenvalue weighted by Gasteiger charge is -2.20. The summed E-state index contributed by atoms with van der Waals surface area (Å²) in [4.78, 5) is 0. The van der Waals surface area contributed by atoms with Gasteiger partial charge in [0.1, 0.15) is 0 Å². The second-order valence-electron chi connectivity index (χ2n) is 6.45. The standard InChI is InChI=1S/C16H27N.ClH/c1-12(2)6-11-15(17)13-7-9-14(10-8-13)16(3,4)5;/h7-10,12,15H,6,11,17H2,1-5H3;1H/t15-;/m0./s1. The molecular formula is C16H28ClN. The smallest absolute Gasteiger partial charge is 0.0294 e. The third-order valence-electron chi connectivity index (χ3n) is 3.26. The molecule has 0 aromatic heterocycles. The lowest BCUT2D eigenvalue weighted by atomic mass is 9.86. The van der Waals surface area contributed by atoms with Crippen molar-refractivity contribution in [3.63, 3.8) is 0 Å². The molecule has 0 fully saturated rings. The lowest BCUT2D eigenvalue weighted by Crippen LogP contribution is -2.13. The third kappa shape index (κ3) is 5.41. The number of hydrogen-bond acceptors (Lipinski definition) is 1. The maximum absolute atomic E-state index is 6.20. The van der Waals surface area contributed by atoms with Crippen LogP contribution in [-0.4, -0.2) is 0 Å². The van der Waals surface area contributed by atoms with E-state index in [1.807, 2.05) is 0 Å². The second-order valence-corrected chi connectivity index (χ2v) is 6.45. The van der Waals surface area contributed by atoms with E-state index in [2.05, 4.69) is 58.9 Å². The minimum Gasteiger partial charge on any atom is -0.324 e. The van der Waals surface area contributed by atoms with Gasteiger partial charge in [0.2, 0.25) is 0 Å². The topological polar surface area (TPSA) is 26.0 Å². The Balaban J connectivity index is 0.00000289. The fourth-order valence-electron chi connectivity index (χ4n) is 1.91. The summed E-state index contributed by atoms with van der Waals surface area (Å²) in [5, 5.41) is 0. The Morgan fingerprint density at radius 3 is 1.89 bits per heavy atom. The summed E-state index contributed by atoms with van der Waals surface area (Å²) in [6, 6.07) is 8.98. The Bertz CT molecular complexity index is 335. The molecule has 0 bridgehead atoms. The van der Waals surface area contributed by atoms with Crippen molar-refractivity contribution in [3.8, 4) is 0 Å². The Morgan fingerprint density at radius 2 is 1.50 bits per heavy atom. The maximum Gasteiger partial charge on any atom is 0.0294 e. The Labute approximate surface area is 119 Å². The molecule has 0 aliphatic carbocycles. The molecule has 1 rings (SSSR count). The molecule has 0 aliphatic heterocycles. The molecule has 0 amide bonds. The van der Waals surface area contributed by atoms with Gasteiger partial charge in [0.15, 0.2) is 0 Å². The number of hydrogen-bond donors (Lipinski definition) is 1. The predicted octanol–water partition coefficient (Wildman–Crippen LogP) is 4.84. The van der Waals surface area contributed by atoms with Crippen molar-refractivity contribution < 1.29 is 0 Å². The molecule has 1 aromatic carbocycles. The molecule has 0 aliphatic rings. The minimum atomic E-state index is 0. The number of rotatable bonds is 4. The summed E-state index contributed by atoms with van der Waals surface area (Å²) in [5.74, 6) is 0.731. The van der Waals surface area contributed by atoms with Gasteiger partial charge in [-0.05, 0) is 35.3 Å². The monoisotopic (exact) mass is 269 g/mol. The normalized spacial score (nSPS) is 13.3. The minimum absolute atomic E-state index is 0. The largest absolute Gasteiger partial charge is 0.324 e. The predicted molar refractivity (Wildman–Crippen MR) is 83.4 cm³/mol. The molecule has 0 saturated heterocycles. The van der Waals surface area contributed by atoms with Gasteiger partial charge < -0.3 is 5.73 Å². The molecule has 1 atom stereocenters. The van der Waals surface area contributed by atoms with Crippen LogP contribution in [0, 0.1) is 5.92 Å². The second kappa shape index (κ2) is 7.16. The molecule has 0 saturated carbocycles. The van der Waals surface area contributed by atoms with Crippen molar-refractivity contribution >= 4 is 12.4 Å². The highest BCUT2D eigenvalue weighted by Crippen LogP contribution is 2.25. The van der Waals surface area contributed by atoms with E-state index in [0.29, 0.717) is 0 Å². The van der Waals surface area contributed by atoms with Gasteiger partial charge in [-0.1, -0.05) is 58.9 Å². The van der Waals surface area contributed by atoms with E-state index in [1.165, 1.54) is 17.5 Å². The highest BCUT2D eigenvalue weighted by molar-refractivity contribution is 5.85. The quantitative estimate of drug-likeness (QED) is 0.831. The van der Waals surface area contributed by atoms with Crippen LogP contribution in [0.25, 0.3) is 0 Å². The van der Waals surface area contributed by atoms with Crippen molar-refractivity contribution in [3.05, 3.63) is 35.4 Å². The van der Waals surface area contributed by atoms with Crippen LogP contribution in [0.2, 0.25) is 0 Å². The van der Waals surface area contributed by atoms with Crippen molar-refractivity contribution in [2.45, 2.75) is 58.9 Å². The van der Waals surface area contributed by atoms with Crippen LogP contribution >= 0.6 is 12.4 Å². The van der Waals surface area contributed by atoms with E-state index in [1.54, 1.807) is 0 Å². The highest BCUT2D eigenvalue weighted by atomic mass is 35.5. The van der Waals surface area contributed by atoms with Crippen LogP contribution in [0.4, 0.5) is 0 Å². The lowest BCUT2D eigenvalue weighted by molar-refractivity contribution is 0.507. The zero-order valence-corrected chi connectivity index (χ0v) is 13.2. The van der Waals surface area contributed by atoms with Gasteiger partial charge in [0.05, 0.1) is 0 Å². The van der Waals surface area contributed by atoms with Gasteiger partial charge >= 0.3 is 0 Å². The van der Waals surface area contributed by atoms with Gasteiger partial charge in [0.25, 0.3) is 0 Å². The summed E-state index contributed by atoms with van der Waals surface area (Å²) in [6.07, 6.45) is 2.27. The molecule has 0 spiro atoms. The van der Waals surface area contributed by atoms with E-state index in [9.17, 15) is 0 Å². The van der Waals surface area contributed by atoms with E-state index in [-0.39, 0.29) is 23.9 Å². The first-order valence-corrected chi connectivity index (χ1v) is 6.66. The Hall–Kier alpha value is -0.530. The van der Waals surface area contributed by atoms with Crippen LogP contribution in [0.1, 0.15) is 64.6 Å². The van der Waals surface area contributed by atoms with Crippen molar-refractivity contribution in [2.75, 3.05) is 0 Å². The molecular weight excluding hydrogens is 242 g/mol. The van der Waals surface area contributed by atoms with Gasteiger partial charge in [0, 0.05) is 6.04 Å². The van der Waals surface area contributed by atoms with Gasteiger partial charge in [-0.15, -0.1) is 12.4 Å². The molecule has 1 nitrogen and oxygen atoms in total. The molecule has 1 aromatic rings. The summed E-state index contributed by atoms with van der Waals surface area (Å²) in [7, 11) is 0. The van der Waals surface area contributed by atoms with Crippen LogP contribution in [0.3, 0.4) is 0 Å². The number of benzene rings is 1.